The highest BCUT2D eigenvalue weighted by molar-refractivity contribution is 9.10. The minimum atomic E-state index is -0.238. The number of hydrogen-bond acceptors (Lipinski definition) is 3. The third-order valence-electron chi connectivity index (χ3n) is 2.11. The number of esters is 1. The number of carbonyl (C=O) groups is 1. The van der Waals surface area contributed by atoms with Crippen LogP contribution in [0.1, 0.15) is 18.1 Å². The third-order valence-corrected chi connectivity index (χ3v) is 2.70. The van der Waals surface area contributed by atoms with Crippen LogP contribution in [0.3, 0.4) is 0 Å². The molecule has 0 atom stereocenters. The summed E-state index contributed by atoms with van der Waals surface area (Å²) < 4.78 is 11.0. The molecule has 0 aliphatic heterocycles. The summed E-state index contributed by atoms with van der Waals surface area (Å²) in [5.74, 6) is 0.456. The lowest BCUT2D eigenvalue weighted by Gasteiger charge is -2.11. The predicted octanol–water partition coefficient (Wildman–Crippen LogP) is 2.87. The second kappa shape index (κ2) is 5.89. The van der Waals surface area contributed by atoms with Crippen LogP contribution in [-0.2, 0) is 16.0 Å². The van der Waals surface area contributed by atoms with Crippen molar-refractivity contribution in [3.05, 3.63) is 27.7 Å². The molecule has 1 rings (SSSR count). The first kappa shape index (κ1) is 13.0. The molecule has 1 aromatic rings. The topological polar surface area (TPSA) is 35.5 Å². The lowest BCUT2D eigenvalue weighted by atomic mass is 10.1. The van der Waals surface area contributed by atoms with Gasteiger partial charge in [-0.25, -0.2) is 0 Å². The highest BCUT2D eigenvalue weighted by Crippen LogP contribution is 2.30. The largest absolute Gasteiger partial charge is 0.495 e. The predicted molar refractivity (Wildman–Crippen MR) is 65.8 cm³/mol. The molecule has 16 heavy (non-hydrogen) atoms. The smallest absolute Gasteiger partial charge is 0.310 e. The summed E-state index contributed by atoms with van der Waals surface area (Å²) in [6.07, 6.45) is 0.233. The van der Waals surface area contributed by atoms with E-state index < -0.39 is 0 Å². The molecule has 0 heterocycles. The standard InChI is InChI=1S/C12H15BrO3/c1-4-16-11(14)7-9-5-8(2)6-10(13)12(9)15-3/h5-6H,4,7H2,1-3H3. The Morgan fingerprint density at radius 1 is 1.44 bits per heavy atom. The Labute approximate surface area is 104 Å². The van der Waals surface area contributed by atoms with E-state index in [0.29, 0.717) is 12.4 Å². The molecule has 0 aromatic heterocycles. The maximum absolute atomic E-state index is 11.4. The molecule has 0 unspecified atom stereocenters. The fourth-order valence-corrected chi connectivity index (χ4v) is 2.31. The Morgan fingerprint density at radius 2 is 2.12 bits per heavy atom. The number of aryl methyl sites for hydroxylation is 1. The van der Waals surface area contributed by atoms with Crippen molar-refractivity contribution >= 4 is 21.9 Å². The third kappa shape index (κ3) is 3.23. The first-order valence-corrected chi connectivity index (χ1v) is 5.86. The van der Waals surface area contributed by atoms with Crippen LogP contribution in [0.4, 0.5) is 0 Å². The molecule has 3 nitrogen and oxygen atoms in total. The Hall–Kier alpha value is -1.03. The van der Waals surface area contributed by atoms with Crippen LogP contribution >= 0.6 is 15.9 Å². The van der Waals surface area contributed by atoms with Crippen LogP contribution < -0.4 is 4.74 Å². The van der Waals surface area contributed by atoms with E-state index in [9.17, 15) is 4.79 Å². The van der Waals surface area contributed by atoms with E-state index in [4.69, 9.17) is 9.47 Å². The summed E-state index contributed by atoms with van der Waals surface area (Å²) in [6, 6.07) is 3.88. The molecule has 0 aliphatic carbocycles. The van der Waals surface area contributed by atoms with Crippen molar-refractivity contribution in [3.8, 4) is 5.75 Å². The number of methoxy groups -OCH3 is 1. The molecular weight excluding hydrogens is 272 g/mol. The molecule has 0 fully saturated rings. The Balaban J connectivity index is 2.97. The second-order valence-electron chi connectivity index (χ2n) is 3.42. The second-order valence-corrected chi connectivity index (χ2v) is 4.28. The quantitative estimate of drug-likeness (QED) is 0.799. The molecule has 0 aliphatic rings. The summed E-state index contributed by atoms with van der Waals surface area (Å²) in [5.41, 5.74) is 1.92. The molecule has 1 aromatic carbocycles. The van der Waals surface area contributed by atoms with Gasteiger partial charge in [0.2, 0.25) is 0 Å². The summed E-state index contributed by atoms with van der Waals surface area (Å²) >= 11 is 3.41. The highest BCUT2D eigenvalue weighted by atomic mass is 79.9. The molecular formula is C12H15BrO3. The molecule has 0 bridgehead atoms. The van der Waals surface area contributed by atoms with Crippen LogP contribution in [0, 0.1) is 6.92 Å². The Morgan fingerprint density at radius 3 is 2.69 bits per heavy atom. The lowest BCUT2D eigenvalue weighted by molar-refractivity contribution is -0.142. The van der Waals surface area contributed by atoms with Gasteiger partial charge in [0.1, 0.15) is 5.75 Å². The summed E-state index contributed by atoms with van der Waals surface area (Å²) in [5, 5.41) is 0. The molecule has 0 N–H and O–H groups in total. The van der Waals surface area contributed by atoms with E-state index in [2.05, 4.69) is 15.9 Å². The minimum Gasteiger partial charge on any atom is -0.495 e. The Kier molecular flexibility index (Phi) is 4.80. The van der Waals surface area contributed by atoms with Crippen molar-refractivity contribution in [3.63, 3.8) is 0 Å². The van der Waals surface area contributed by atoms with Crippen molar-refractivity contribution in [2.45, 2.75) is 20.3 Å². The molecule has 0 saturated carbocycles. The van der Waals surface area contributed by atoms with Gasteiger partial charge in [0.15, 0.2) is 0 Å². The van der Waals surface area contributed by atoms with Crippen LogP contribution in [0.25, 0.3) is 0 Å². The van der Waals surface area contributed by atoms with Gasteiger partial charge in [0, 0.05) is 5.56 Å². The lowest BCUT2D eigenvalue weighted by Crippen LogP contribution is -2.09. The fourth-order valence-electron chi connectivity index (χ4n) is 1.53. The number of halogens is 1. The first-order valence-electron chi connectivity index (χ1n) is 5.07. The average molecular weight is 287 g/mol. The highest BCUT2D eigenvalue weighted by Gasteiger charge is 2.12. The van der Waals surface area contributed by atoms with Crippen LogP contribution in [0.2, 0.25) is 0 Å². The molecule has 0 radical (unpaired) electrons. The van der Waals surface area contributed by atoms with Crippen molar-refractivity contribution in [2.75, 3.05) is 13.7 Å². The molecule has 88 valence electrons. The van der Waals surface area contributed by atoms with Crippen molar-refractivity contribution in [1.82, 2.24) is 0 Å². The van der Waals surface area contributed by atoms with Gasteiger partial charge >= 0.3 is 5.97 Å². The molecule has 4 heteroatoms. The van der Waals surface area contributed by atoms with Crippen molar-refractivity contribution in [1.29, 1.82) is 0 Å². The number of hydrogen-bond donors (Lipinski definition) is 0. The fraction of sp³-hybridized carbons (Fsp3) is 0.417. The van der Waals surface area contributed by atoms with Gasteiger partial charge in [-0.15, -0.1) is 0 Å². The monoisotopic (exact) mass is 286 g/mol. The molecule has 0 amide bonds. The first-order chi connectivity index (χ1) is 7.58. The van der Waals surface area contributed by atoms with Crippen molar-refractivity contribution < 1.29 is 14.3 Å². The van der Waals surface area contributed by atoms with Crippen LogP contribution in [0.5, 0.6) is 5.75 Å². The normalized spacial score (nSPS) is 10.0. The van der Waals surface area contributed by atoms with Gasteiger partial charge in [-0.2, -0.15) is 0 Å². The van der Waals surface area contributed by atoms with E-state index in [-0.39, 0.29) is 12.4 Å². The SMILES string of the molecule is CCOC(=O)Cc1cc(C)cc(Br)c1OC. The number of rotatable bonds is 4. The van der Waals surface area contributed by atoms with E-state index in [1.54, 1.807) is 14.0 Å². The number of carbonyl (C=O) groups excluding carboxylic acids is 1. The van der Waals surface area contributed by atoms with E-state index in [1.807, 2.05) is 19.1 Å². The maximum atomic E-state index is 11.4. The number of benzene rings is 1. The van der Waals surface area contributed by atoms with E-state index in [1.165, 1.54) is 0 Å². The zero-order valence-corrected chi connectivity index (χ0v) is 11.3. The zero-order valence-electron chi connectivity index (χ0n) is 9.67. The summed E-state index contributed by atoms with van der Waals surface area (Å²) in [4.78, 5) is 11.4. The van der Waals surface area contributed by atoms with Gasteiger partial charge in [-0.1, -0.05) is 6.07 Å². The van der Waals surface area contributed by atoms with Gasteiger partial charge < -0.3 is 9.47 Å². The van der Waals surface area contributed by atoms with Crippen LogP contribution in [-0.4, -0.2) is 19.7 Å². The maximum Gasteiger partial charge on any atom is 0.310 e. The van der Waals surface area contributed by atoms with Gasteiger partial charge in [0.05, 0.1) is 24.6 Å². The van der Waals surface area contributed by atoms with Gasteiger partial charge in [-0.05, 0) is 41.4 Å². The Bertz CT molecular complexity index is 388. The van der Waals surface area contributed by atoms with E-state index >= 15 is 0 Å². The van der Waals surface area contributed by atoms with Gasteiger partial charge in [0.25, 0.3) is 0 Å². The molecule has 0 spiro atoms. The number of ether oxygens (including phenoxy) is 2. The summed E-state index contributed by atoms with van der Waals surface area (Å²) in [7, 11) is 1.59. The zero-order chi connectivity index (χ0) is 12.1. The van der Waals surface area contributed by atoms with Gasteiger partial charge in [-0.3, -0.25) is 4.79 Å². The summed E-state index contributed by atoms with van der Waals surface area (Å²) in [6.45, 7) is 4.16. The molecule has 0 saturated heterocycles. The van der Waals surface area contributed by atoms with Crippen molar-refractivity contribution in [2.24, 2.45) is 0 Å². The van der Waals surface area contributed by atoms with E-state index in [0.717, 1.165) is 15.6 Å². The minimum absolute atomic E-state index is 0.233. The average Bonchev–Trinajstić information content (AvgIpc) is 2.17. The van der Waals surface area contributed by atoms with Crippen LogP contribution in [0.15, 0.2) is 16.6 Å².